The maximum Gasteiger partial charge on any atom is 1.00 e. The molecule has 0 spiro atoms. The first kappa shape index (κ1) is 79.5. The smallest absolute Gasteiger partial charge is 0.550 e. The van der Waals surface area contributed by atoms with Crippen LogP contribution in [0.3, 0.4) is 0 Å². The van der Waals surface area contributed by atoms with Gasteiger partial charge in [-0.1, -0.05) is 167 Å². The summed E-state index contributed by atoms with van der Waals surface area (Å²) in [4.78, 5) is 54.1. The molecule has 0 bridgehead atoms. The number of benzene rings is 1. The minimum atomic E-state index is -1.28. The number of carbonyl (C=O) groups is 4. The molecule has 0 aliphatic carbocycles. The normalized spacial score (nSPS) is 12.0. The van der Waals surface area contributed by atoms with E-state index in [1.165, 1.54) is 116 Å². The largest absolute Gasteiger partial charge is 1.00 e. The van der Waals surface area contributed by atoms with E-state index < -0.39 is 35.7 Å². The zero-order valence-corrected chi connectivity index (χ0v) is 56.5. The zero-order valence-electron chi connectivity index (χ0n) is 51.7. The van der Waals surface area contributed by atoms with Crippen LogP contribution in [0.2, 0.25) is 0 Å². The van der Waals surface area contributed by atoms with Crippen molar-refractivity contribution in [1.82, 2.24) is 0 Å². The molecule has 0 aliphatic heterocycles. The molecule has 1 aromatic heterocycles. The van der Waals surface area contributed by atoms with Crippen molar-refractivity contribution in [1.29, 1.82) is 5.26 Å². The molecule has 83 heavy (non-hydrogen) atoms. The number of nitrogens with zero attached hydrogens (tertiary/aromatic N) is 5. The topological polar surface area (TPSA) is 217 Å². The molecule has 0 aliphatic rings. The first-order valence-electron chi connectivity index (χ1n) is 30.4. The number of hydrogen-bond acceptors (Lipinski definition) is 16. The van der Waals surface area contributed by atoms with Gasteiger partial charge in [-0.2, -0.15) is 5.26 Å². The van der Waals surface area contributed by atoms with E-state index in [9.17, 15) is 34.7 Å². The van der Waals surface area contributed by atoms with Gasteiger partial charge in [-0.25, -0.2) is 4.85 Å². The fraction of sp³-hybridized carbons (Fsp3) is 0.688. The molecular weight excluding hydrogens is 1090 g/mol. The number of anilines is 1. The maximum atomic E-state index is 12.6. The number of azo groups is 1. The van der Waals surface area contributed by atoms with Gasteiger partial charge in [0.05, 0.1) is 70.3 Å². The van der Waals surface area contributed by atoms with E-state index in [0.29, 0.717) is 46.5 Å². The number of carboxylic acid groups (broad SMARTS) is 2. The van der Waals surface area contributed by atoms with Gasteiger partial charge in [0.15, 0.2) is 0 Å². The van der Waals surface area contributed by atoms with Gasteiger partial charge in [-0.3, -0.25) is 9.59 Å². The van der Waals surface area contributed by atoms with Crippen LogP contribution in [0.15, 0.2) is 52.7 Å². The van der Waals surface area contributed by atoms with Gasteiger partial charge in [0.25, 0.3) is 0 Å². The Bertz CT molecular complexity index is 2230. The summed E-state index contributed by atoms with van der Waals surface area (Å²) in [7, 11) is 0. The average molecular weight is 1190 g/mol. The Morgan fingerprint density at radius 1 is 0.614 bits per heavy atom. The predicted molar refractivity (Wildman–Crippen MR) is 318 cm³/mol. The van der Waals surface area contributed by atoms with E-state index >= 15 is 0 Å². The molecule has 0 saturated carbocycles. The van der Waals surface area contributed by atoms with Crippen LogP contribution in [0.25, 0.3) is 4.85 Å². The summed E-state index contributed by atoms with van der Waals surface area (Å²) in [5.74, 6) is -5.74. The second-order valence-corrected chi connectivity index (χ2v) is 21.9. The second kappa shape index (κ2) is 54.0. The Kier molecular flexibility index (Phi) is 51.7. The van der Waals surface area contributed by atoms with Crippen molar-refractivity contribution < 1.29 is 112 Å². The third-order valence-electron chi connectivity index (χ3n) is 14.1. The Labute approximate surface area is 546 Å². The summed E-state index contributed by atoms with van der Waals surface area (Å²) in [6.45, 7) is 17.6. The van der Waals surface area contributed by atoms with Gasteiger partial charge in [-0.05, 0) is 81.7 Å². The summed E-state index contributed by atoms with van der Waals surface area (Å²) in [5.41, 5.74) is 3.16. The first-order valence-corrected chi connectivity index (χ1v) is 31.2. The van der Waals surface area contributed by atoms with Gasteiger partial charge >= 0.3 is 71.1 Å². The molecule has 1 heterocycles. The van der Waals surface area contributed by atoms with Gasteiger partial charge in [-0.15, -0.1) is 21.6 Å². The second-order valence-electron chi connectivity index (χ2n) is 20.9. The van der Waals surface area contributed by atoms with Crippen LogP contribution >= 0.6 is 11.3 Å². The van der Waals surface area contributed by atoms with Crippen LogP contribution in [-0.2, 0) is 42.9 Å². The molecule has 0 saturated heterocycles. The SMILES string of the molecule is [C-]#[N+]c1sc(N=Nc2ccc(N(CCOCCOCCOC(=O)CC(C/C=C/CCCCCCCCCCC)C(=O)[O-])CCOCCOC(=O)CC(C/C=C/CCCCCCCCCCCCCCC)C(=O)[O-])cc2C)c(C#N)c1C.[Na+].[Na+]. The van der Waals surface area contributed by atoms with E-state index in [1.54, 1.807) is 6.92 Å². The summed E-state index contributed by atoms with van der Waals surface area (Å²) >= 11 is 1.12. The van der Waals surface area contributed by atoms with Crippen LogP contribution in [0, 0.1) is 43.6 Å². The zero-order chi connectivity index (χ0) is 59.0. The number of nitriles is 1. The molecule has 19 heteroatoms. The number of rotatable bonds is 52. The number of allylic oxidation sites excluding steroid dienone is 4. The van der Waals surface area contributed by atoms with Gasteiger partial charge in [0.1, 0.15) is 24.3 Å². The first-order chi connectivity index (χ1) is 39.4. The standard InChI is InChI=1S/C64H99N5O11S.2Na/c1-6-8-10-12-14-16-18-20-21-22-23-25-27-29-31-32-34-54(63(72)73)49-59(70)79-46-44-77-41-39-69(56-36-37-58(52(3)48-56)67-68-62-57(51-65)53(4)61(66-5)81-62)38-40-76-42-43-78-45-47-80-60(71)50-55(64(74)75)35-33-30-28-26-24-19-17-15-13-11-9-7-2;;/h30-33,36-37,48,54-55H,6-29,34-35,38-47,49-50H2,1-4H3,(H,72,73)(H,74,75);;/q;2*+1/p-2/b32-31+,33-30+,68-67?;;. The van der Waals surface area contributed by atoms with Crippen LogP contribution in [-0.4, -0.2) is 89.8 Å². The van der Waals surface area contributed by atoms with E-state index in [0.717, 1.165) is 61.1 Å². The van der Waals surface area contributed by atoms with Crippen molar-refractivity contribution in [2.75, 3.05) is 70.8 Å². The van der Waals surface area contributed by atoms with Crippen LogP contribution in [0.4, 0.5) is 21.4 Å². The Morgan fingerprint density at radius 2 is 1.02 bits per heavy atom. The van der Waals surface area contributed by atoms with Crippen LogP contribution in [0.5, 0.6) is 0 Å². The molecule has 2 rings (SSSR count). The molecule has 452 valence electrons. The van der Waals surface area contributed by atoms with E-state index in [1.807, 2.05) is 49.4 Å². The number of esters is 2. The Morgan fingerprint density at radius 3 is 1.42 bits per heavy atom. The molecule has 2 unspecified atom stereocenters. The van der Waals surface area contributed by atoms with Crippen molar-refractivity contribution in [3.05, 3.63) is 70.6 Å². The minimum Gasteiger partial charge on any atom is -0.550 e. The number of aryl methyl sites for hydroxylation is 1. The van der Waals surface area contributed by atoms with Crippen molar-refractivity contribution in [3.8, 4) is 6.07 Å². The molecule has 1 aromatic carbocycles. The number of unbranched alkanes of at least 4 members (excludes halogenated alkanes) is 22. The molecule has 0 N–H and O–H groups in total. The summed E-state index contributed by atoms with van der Waals surface area (Å²) in [6.07, 6.45) is 37.1. The Balaban J connectivity index is 0.0000336. The van der Waals surface area contributed by atoms with Gasteiger partial charge in [0.2, 0.25) is 5.00 Å². The summed E-state index contributed by atoms with van der Waals surface area (Å²) in [5, 5.41) is 42.7. The van der Waals surface area contributed by atoms with Crippen molar-refractivity contribution in [2.24, 2.45) is 22.1 Å². The molecule has 0 fully saturated rings. The van der Waals surface area contributed by atoms with Crippen molar-refractivity contribution in [2.45, 2.75) is 207 Å². The molecule has 2 atom stereocenters. The molecule has 2 aromatic rings. The number of aliphatic carboxylic acids is 2. The third kappa shape index (κ3) is 39.8. The third-order valence-corrected chi connectivity index (χ3v) is 15.2. The van der Waals surface area contributed by atoms with Crippen LogP contribution in [0.1, 0.15) is 210 Å². The molecule has 0 amide bonds. The average Bonchev–Trinajstić information content (AvgIpc) is 4.01. The predicted octanol–water partition coefficient (Wildman–Crippen LogP) is 7.96. The number of hydrogen-bond donors (Lipinski definition) is 0. The van der Waals surface area contributed by atoms with E-state index in [-0.39, 0.29) is 131 Å². The van der Waals surface area contributed by atoms with Crippen molar-refractivity contribution >= 4 is 56.6 Å². The number of carbonyl (C=O) groups excluding carboxylic acids is 4. The van der Waals surface area contributed by atoms with E-state index in [2.05, 4.69) is 39.9 Å². The fourth-order valence-corrected chi connectivity index (χ4v) is 9.94. The Hall–Kier alpha value is -3.46. The maximum absolute atomic E-state index is 12.6. The number of thiophene rings is 1. The van der Waals surface area contributed by atoms with Crippen LogP contribution < -0.4 is 74.2 Å². The quantitative estimate of drug-likeness (QED) is 0.0154. The summed E-state index contributed by atoms with van der Waals surface area (Å²) in [6, 6.07) is 7.77. The van der Waals surface area contributed by atoms with Crippen molar-refractivity contribution in [3.63, 3.8) is 0 Å². The van der Waals surface area contributed by atoms with Gasteiger partial charge < -0.3 is 48.4 Å². The molecular formula is C64H97N5Na2O11S. The number of ether oxygens (including phenoxy) is 5. The molecule has 0 radical (unpaired) electrons. The fourth-order valence-electron chi connectivity index (χ4n) is 9.07. The monoisotopic (exact) mass is 1190 g/mol. The summed E-state index contributed by atoms with van der Waals surface area (Å²) < 4.78 is 27.9. The van der Waals surface area contributed by atoms with E-state index in [4.69, 9.17) is 30.3 Å². The molecule has 16 nitrogen and oxygen atoms in total. The minimum absolute atomic E-state index is 0. The number of carboxylic acids is 2. The van der Waals surface area contributed by atoms with Gasteiger partial charge in [0, 0.05) is 42.6 Å².